The number of rotatable bonds is 0. The maximum atomic E-state index is 5.94. The summed E-state index contributed by atoms with van der Waals surface area (Å²) in [5.74, 6) is 0. The summed E-state index contributed by atoms with van der Waals surface area (Å²) in [4.78, 5) is 0. The summed E-state index contributed by atoms with van der Waals surface area (Å²) in [6.07, 6.45) is 3.51. The van der Waals surface area contributed by atoms with Crippen molar-refractivity contribution in [1.29, 1.82) is 0 Å². The van der Waals surface area contributed by atoms with E-state index in [2.05, 4.69) is 12.2 Å². The minimum Gasteiger partial charge on any atom is -0.325 e. The molecule has 4 heteroatoms. The third-order valence-electron chi connectivity index (χ3n) is 1.97. The maximum absolute atomic E-state index is 5.94. The van der Waals surface area contributed by atoms with Crippen molar-refractivity contribution in [3.63, 3.8) is 0 Å². The van der Waals surface area contributed by atoms with E-state index >= 15 is 0 Å². The van der Waals surface area contributed by atoms with Crippen LogP contribution in [0.1, 0.15) is 26.2 Å². The van der Waals surface area contributed by atoms with E-state index in [4.69, 9.17) is 5.73 Å². The Morgan fingerprint density at radius 1 is 1.18 bits per heavy atom. The number of halogens is 2. The summed E-state index contributed by atoms with van der Waals surface area (Å²) in [5.41, 5.74) is 6.04. The molecule has 0 radical (unpaired) electrons. The van der Waals surface area contributed by atoms with Gasteiger partial charge in [-0.2, -0.15) is 0 Å². The molecule has 1 heterocycles. The normalized spacial score (nSPS) is 31.1. The minimum atomic E-state index is 0. The summed E-state index contributed by atoms with van der Waals surface area (Å²) in [6, 6.07) is 0. The number of hydrogen-bond acceptors (Lipinski definition) is 2. The van der Waals surface area contributed by atoms with Gasteiger partial charge >= 0.3 is 0 Å². The third-order valence-corrected chi connectivity index (χ3v) is 1.97. The van der Waals surface area contributed by atoms with Crippen LogP contribution < -0.4 is 11.1 Å². The van der Waals surface area contributed by atoms with Crippen molar-refractivity contribution >= 4 is 24.8 Å². The fourth-order valence-corrected chi connectivity index (χ4v) is 1.24. The highest BCUT2D eigenvalue weighted by atomic mass is 35.5. The first-order valence-corrected chi connectivity index (χ1v) is 3.70. The van der Waals surface area contributed by atoms with Crippen molar-refractivity contribution in [2.45, 2.75) is 31.7 Å². The molecule has 1 aliphatic rings. The summed E-state index contributed by atoms with van der Waals surface area (Å²) in [5, 5.41) is 3.32. The molecule has 0 amide bonds. The summed E-state index contributed by atoms with van der Waals surface area (Å²) >= 11 is 0. The first kappa shape index (κ1) is 14.0. The second-order valence-corrected chi connectivity index (χ2v) is 3.26. The second kappa shape index (κ2) is 6.06. The Morgan fingerprint density at radius 2 is 1.82 bits per heavy atom. The molecule has 0 aromatic carbocycles. The Labute approximate surface area is 81.1 Å². The molecule has 0 aromatic heterocycles. The lowest BCUT2D eigenvalue weighted by Crippen LogP contribution is -2.36. The van der Waals surface area contributed by atoms with Crippen LogP contribution in [0.5, 0.6) is 0 Å². The fraction of sp³-hybridized carbons (Fsp3) is 1.00. The Hall–Kier alpha value is 0.500. The van der Waals surface area contributed by atoms with Gasteiger partial charge in [0.2, 0.25) is 0 Å². The zero-order valence-corrected chi connectivity index (χ0v) is 8.56. The van der Waals surface area contributed by atoms with E-state index in [9.17, 15) is 0 Å². The summed E-state index contributed by atoms with van der Waals surface area (Å²) in [7, 11) is 0. The largest absolute Gasteiger partial charge is 0.325 e. The molecule has 1 fully saturated rings. The Balaban J connectivity index is 0. The predicted molar refractivity (Wildman–Crippen MR) is 53.8 cm³/mol. The van der Waals surface area contributed by atoms with E-state index in [0.717, 1.165) is 19.5 Å². The minimum absolute atomic E-state index is 0. The molecule has 1 aliphatic heterocycles. The predicted octanol–water partition coefficient (Wildman–Crippen LogP) is 1.32. The second-order valence-electron chi connectivity index (χ2n) is 3.26. The first-order valence-electron chi connectivity index (χ1n) is 3.70. The molecule has 1 rings (SSSR count). The van der Waals surface area contributed by atoms with Gasteiger partial charge in [-0.25, -0.2) is 0 Å². The number of nitrogens with two attached hydrogens (primary N) is 1. The Bertz CT molecular complexity index is 86.4. The van der Waals surface area contributed by atoms with Gasteiger partial charge in [0.1, 0.15) is 0 Å². The standard InChI is InChI=1S/C7H16N2.2ClH/c1-7(8)3-2-5-9-6-4-7;;/h9H,2-6,8H2,1H3;2*1H. The van der Waals surface area contributed by atoms with Crippen molar-refractivity contribution in [2.24, 2.45) is 5.73 Å². The van der Waals surface area contributed by atoms with E-state index in [-0.39, 0.29) is 30.4 Å². The molecule has 1 atom stereocenters. The summed E-state index contributed by atoms with van der Waals surface area (Å²) in [6.45, 7) is 4.37. The van der Waals surface area contributed by atoms with E-state index in [1.807, 2.05) is 0 Å². The van der Waals surface area contributed by atoms with Crippen LogP contribution in [0.25, 0.3) is 0 Å². The Kier molecular flexibility index (Phi) is 7.75. The van der Waals surface area contributed by atoms with Gasteiger partial charge in [-0.15, -0.1) is 24.8 Å². The molecular weight excluding hydrogens is 183 g/mol. The van der Waals surface area contributed by atoms with Crippen LogP contribution in [-0.4, -0.2) is 18.6 Å². The zero-order valence-electron chi connectivity index (χ0n) is 6.93. The highest BCUT2D eigenvalue weighted by molar-refractivity contribution is 5.85. The van der Waals surface area contributed by atoms with Crippen LogP contribution in [0.15, 0.2) is 0 Å². The van der Waals surface area contributed by atoms with Crippen LogP contribution in [-0.2, 0) is 0 Å². The molecule has 11 heavy (non-hydrogen) atoms. The lowest BCUT2D eigenvalue weighted by molar-refractivity contribution is 0.420. The van der Waals surface area contributed by atoms with E-state index < -0.39 is 0 Å². The monoisotopic (exact) mass is 200 g/mol. The van der Waals surface area contributed by atoms with Crippen LogP contribution in [0.3, 0.4) is 0 Å². The molecule has 70 valence electrons. The molecule has 0 spiro atoms. The first-order chi connectivity index (χ1) is 4.21. The van der Waals surface area contributed by atoms with Gasteiger partial charge in [0.15, 0.2) is 0 Å². The number of nitrogens with one attached hydrogen (secondary N) is 1. The highest BCUT2D eigenvalue weighted by Gasteiger charge is 2.18. The van der Waals surface area contributed by atoms with Crippen LogP contribution in [0, 0.1) is 0 Å². The molecule has 1 saturated heterocycles. The average molecular weight is 201 g/mol. The highest BCUT2D eigenvalue weighted by Crippen LogP contribution is 2.14. The summed E-state index contributed by atoms with van der Waals surface area (Å²) < 4.78 is 0. The van der Waals surface area contributed by atoms with E-state index in [1.54, 1.807) is 0 Å². The molecular formula is C7H18Cl2N2. The lowest BCUT2D eigenvalue weighted by atomic mass is 9.95. The van der Waals surface area contributed by atoms with Gasteiger partial charge in [0.05, 0.1) is 0 Å². The van der Waals surface area contributed by atoms with Crippen molar-refractivity contribution < 1.29 is 0 Å². The van der Waals surface area contributed by atoms with Crippen LogP contribution >= 0.6 is 24.8 Å². The van der Waals surface area contributed by atoms with Gasteiger partial charge in [-0.05, 0) is 39.3 Å². The van der Waals surface area contributed by atoms with Gasteiger partial charge in [-0.3, -0.25) is 0 Å². The van der Waals surface area contributed by atoms with Gasteiger partial charge in [0.25, 0.3) is 0 Å². The smallest absolute Gasteiger partial charge is 0.0138 e. The number of hydrogen-bond donors (Lipinski definition) is 2. The van der Waals surface area contributed by atoms with Gasteiger partial charge < -0.3 is 11.1 Å². The van der Waals surface area contributed by atoms with Crippen molar-refractivity contribution in [1.82, 2.24) is 5.32 Å². The van der Waals surface area contributed by atoms with Crippen LogP contribution in [0.2, 0.25) is 0 Å². The van der Waals surface area contributed by atoms with Gasteiger partial charge in [0, 0.05) is 5.54 Å². The van der Waals surface area contributed by atoms with Gasteiger partial charge in [-0.1, -0.05) is 0 Å². The maximum Gasteiger partial charge on any atom is 0.0138 e. The molecule has 0 aromatic rings. The van der Waals surface area contributed by atoms with E-state index in [1.165, 1.54) is 12.8 Å². The molecule has 2 nitrogen and oxygen atoms in total. The molecule has 0 saturated carbocycles. The third kappa shape index (κ3) is 5.74. The molecule has 0 bridgehead atoms. The quantitative estimate of drug-likeness (QED) is 0.620. The topological polar surface area (TPSA) is 38.0 Å². The zero-order chi connectivity index (χ0) is 6.74. The molecule has 0 aliphatic carbocycles. The average Bonchev–Trinajstić information content (AvgIpc) is 1.92. The van der Waals surface area contributed by atoms with Crippen molar-refractivity contribution in [3.8, 4) is 0 Å². The lowest BCUT2D eigenvalue weighted by Gasteiger charge is -2.20. The molecule has 1 unspecified atom stereocenters. The Morgan fingerprint density at radius 3 is 2.45 bits per heavy atom. The van der Waals surface area contributed by atoms with Crippen molar-refractivity contribution in [3.05, 3.63) is 0 Å². The van der Waals surface area contributed by atoms with Crippen molar-refractivity contribution in [2.75, 3.05) is 13.1 Å². The SMILES string of the molecule is CC1(N)CCCNCC1.Cl.Cl. The molecule has 3 N–H and O–H groups in total. The van der Waals surface area contributed by atoms with Crippen LogP contribution in [0.4, 0.5) is 0 Å². The van der Waals surface area contributed by atoms with E-state index in [0.29, 0.717) is 0 Å². The fourth-order valence-electron chi connectivity index (χ4n) is 1.24.